The molecule has 3 heterocycles. The second kappa shape index (κ2) is 7.92. The molecule has 1 aromatic heterocycles. The van der Waals surface area contributed by atoms with E-state index in [1.54, 1.807) is 6.20 Å². The topological polar surface area (TPSA) is 66.4 Å². The molecule has 0 saturated heterocycles. The van der Waals surface area contributed by atoms with Gasteiger partial charge in [-0.25, -0.2) is 0 Å². The lowest BCUT2D eigenvalue weighted by Gasteiger charge is -2.33. The van der Waals surface area contributed by atoms with Gasteiger partial charge in [-0.1, -0.05) is 35.9 Å². The first-order valence-electron chi connectivity index (χ1n) is 9.16. The van der Waals surface area contributed by atoms with E-state index < -0.39 is 0 Å². The van der Waals surface area contributed by atoms with Crippen LogP contribution in [0.4, 0.5) is 0 Å². The molecule has 6 heteroatoms. The van der Waals surface area contributed by atoms with E-state index in [0.717, 1.165) is 47.0 Å². The third-order valence-corrected chi connectivity index (χ3v) is 5.40. The lowest BCUT2D eigenvalue weighted by Crippen LogP contribution is -2.30. The van der Waals surface area contributed by atoms with Gasteiger partial charge < -0.3 is 10.6 Å². The summed E-state index contributed by atoms with van der Waals surface area (Å²) in [5.41, 5.74) is 3.29. The lowest BCUT2D eigenvalue weighted by atomic mass is 9.79. The molecule has 2 N–H and O–H groups in total. The van der Waals surface area contributed by atoms with E-state index in [2.05, 4.69) is 21.7 Å². The fourth-order valence-electron chi connectivity index (χ4n) is 3.74. The fraction of sp³-hybridized carbons (Fsp3) is 0.286. The molecule has 3 aliphatic rings. The number of nitrogens with zero attached hydrogens (tertiary/aromatic N) is 2. The Bertz CT molecular complexity index is 883. The number of hydrogen-bond acceptors (Lipinski definition) is 4. The number of allylic oxidation sites excluding steroid dienone is 3. The van der Waals surface area contributed by atoms with Crippen molar-refractivity contribution < 1.29 is 4.79 Å². The molecule has 1 aliphatic carbocycles. The number of carbonyl (C=O) groups is 1. The van der Waals surface area contributed by atoms with Crippen LogP contribution in [0.3, 0.4) is 0 Å². The first-order chi connectivity index (χ1) is 13.3. The summed E-state index contributed by atoms with van der Waals surface area (Å²) >= 11 is 6.62. The molecule has 2 aliphatic heterocycles. The number of nitrogens with one attached hydrogen (secondary N) is 2. The predicted molar refractivity (Wildman–Crippen MR) is 107 cm³/mol. The highest BCUT2D eigenvalue weighted by Gasteiger charge is 2.35. The Balaban J connectivity index is 1.79. The molecule has 1 aromatic rings. The van der Waals surface area contributed by atoms with Crippen molar-refractivity contribution in [3.8, 4) is 0 Å². The van der Waals surface area contributed by atoms with Gasteiger partial charge in [0.2, 0.25) is 0 Å². The lowest BCUT2D eigenvalue weighted by molar-refractivity contribution is -0.105. The van der Waals surface area contributed by atoms with Gasteiger partial charge in [0.25, 0.3) is 0 Å². The summed E-state index contributed by atoms with van der Waals surface area (Å²) in [6.07, 6.45) is 13.1. The van der Waals surface area contributed by atoms with Crippen molar-refractivity contribution in [3.05, 3.63) is 76.4 Å². The van der Waals surface area contributed by atoms with Crippen molar-refractivity contribution in [2.24, 2.45) is 10.9 Å². The van der Waals surface area contributed by atoms with Gasteiger partial charge in [0.05, 0.1) is 5.69 Å². The molecule has 5 nitrogen and oxygen atoms in total. The molecule has 2 unspecified atom stereocenters. The summed E-state index contributed by atoms with van der Waals surface area (Å²) < 4.78 is 0. The fourth-order valence-corrected chi connectivity index (χ4v) is 4.06. The van der Waals surface area contributed by atoms with Crippen LogP contribution in [0.2, 0.25) is 0 Å². The van der Waals surface area contributed by atoms with Gasteiger partial charge >= 0.3 is 0 Å². The minimum Gasteiger partial charge on any atom is -0.381 e. The predicted octanol–water partition coefficient (Wildman–Crippen LogP) is 3.54. The average Bonchev–Trinajstić information content (AvgIpc) is 2.73. The minimum atomic E-state index is -0.282. The number of pyridine rings is 1. The Hall–Kier alpha value is -2.66. The zero-order valence-corrected chi connectivity index (χ0v) is 15.6. The Kier molecular flexibility index (Phi) is 5.21. The zero-order chi connectivity index (χ0) is 18.6. The average molecular weight is 381 g/mol. The second-order valence-electron chi connectivity index (χ2n) is 6.72. The third-order valence-electron chi connectivity index (χ3n) is 5.04. The first kappa shape index (κ1) is 17.7. The van der Waals surface area contributed by atoms with Gasteiger partial charge in [-0.3, -0.25) is 14.8 Å². The van der Waals surface area contributed by atoms with Crippen LogP contribution in [0, 0.1) is 5.92 Å². The Labute approximate surface area is 163 Å². The van der Waals surface area contributed by atoms with Crippen LogP contribution in [0.15, 0.2) is 75.7 Å². The van der Waals surface area contributed by atoms with Gasteiger partial charge in [-0.05, 0) is 31.2 Å². The van der Waals surface area contributed by atoms with Gasteiger partial charge in [0, 0.05) is 47.0 Å². The standard InChI is InChI=1S/C21H21ClN4O/c22-17-12-15(16(13-27)20-14(17)6-5-11-25-20)21(18-7-1-3-9-23-18)26-19-8-2-4-10-24-19/h1,3-7,9-10,13,15,21,25H,2,8,11-12H2,(H,24,26). The second-order valence-corrected chi connectivity index (χ2v) is 7.18. The van der Waals surface area contributed by atoms with E-state index in [1.165, 1.54) is 0 Å². The van der Waals surface area contributed by atoms with Gasteiger partial charge in [-0.2, -0.15) is 0 Å². The quantitative estimate of drug-likeness (QED) is 0.784. The number of aromatic nitrogens is 1. The number of rotatable bonds is 4. The molecular weight excluding hydrogens is 360 g/mol. The van der Waals surface area contributed by atoms with Crippen LogP contribution < -0.4 is 10.6 Å². The molecule has 0 radical (unpaired) electrons. The van der Waals surface area contributed by atoms with Crippen molar-refractivity contribution in [3.63, 3.8) is 0 Å². The van der Waals surface area contributed by atoms with Crippen molar-refractivity contribution in [1.29, 1.82) is 0 Å². The van der Waals surface area contributed by atoms with Crippen molar-refractivity contribution in [2.45, 2.75) is 25.3 Å². The van der Waals surface area contributed by atoms with E-state index in [0.29, 0.717) is 18.5 Å². The molecule has 0 amide bonds. The summed E-state index contributed by atoms with van der Waals surface area (Å²) in [6, 6.07) is 5.51. The number of amidine groups is 1. The van der Waals surface area contributed by atoms with E-state index >= 15 is 0 Å². The summed E-state index contributed by atoms with van der Waals surface area (Å²) in [4.78, 5) is 21.6. The molecule has 0 aromatic carbocycles. The number of halogens is 1. The van der Waals surface area contributed by atoms with E-state index in [9.17, 15) is 4.79 Å². The minimum absolute atomic E-state index is 0.164. The first-order valence-corrected chi connectivity index (χ1v) is 9.53. The molecular formula is C21H21ClN4O. The number of hydrogen-bond donors (Lipinski definition) is 2. The number of carbonyl (C=O) groups excluding carboxylic acids is 1. The summed E-state index contributed by atoms with van der Waals surface area (Å²) in [5, 5.41) is 7.29. The van der Waals surface area contributed by atoms with Crippen molar-refractivity contribution in [2.75, 3.05) is 6.54 Å². The summed E-state index contributed by atoms with van der Waals surface area (Å²) in [6.45, 7) is 0.683. The van der Waals surface area contributed by atoms with Crippen LogP contribution in [0.5, 0.6) is 0 Å². The molecule has 0 bridgehead atoms. The van der Waals surface area contributed by atoms with E-state index in [1.807, 2.05) is 36.6 Å². The Morgan fingerprint density at radius 1 is 1.33 bits per heavy atom. The largest absolute Gasteiger partial charge is 0.381 e. The maximum atomic E-state index is 12.1. The van der Waals surface area contributed by atoms with Gasteiger partial charge in [0.1, 0.15) is 18.2 Å². The molecule has 0 fully saturated rings. The number of fused-ring (bicyclic) bond motifs is 1. The highest BCUT2D eigenvalue weighted by Crippen LogP contribution is 2.43. The summed E-state index contributed by atoms with van der Waals surface area (Å²) in [7, 11) is 0. The van der Waals surface area contributed by atoms with Gasteiger partial charge in [-0.15, -0.1) is 0 Å². The summed E-state index contributed by atoms with van der Waals surface area (Å²) in [5.74, 6) is 0.744. The molecule has 138 valence electrons. The van der Waals surface area contributed by atoms with Crippen LogP contribution in [-0.2, 0) is 4.79 Å². The molecule has 27 heavy (non-hydrogen) atoms. The van der Waals surface area contributed by atoms with Crippen molar-refractivity contribution in [1.82, 2.24) is 15.6 Å². The normalized spacial score (nSPS) is 24.3. The zero-order valence-electron chi connectivity index (χ0n) is 14.9. The van der Waals surface area contributed by atoms with E-state index in [4.69, 9.17) is 16.6 Å². The highest BCUT2D eigenvalue weighted by atomic mass is 35.5. The van der Waals surface area contributed by atoms with Crippen LogP contribution in [0.1, 0.15) is 31.0 Å². The maximum Gasteiger partial charge on any atom is 0.148 e. The van der Waals surface area contributed by atoms with E-state index in [-0.39, 0.29) is 12.0 Å². The molecule has 0 saturated carbocycles. The van der Waals surface area contributed by atoms with Crippen LogP contribution in [-0.4, -0.2) is 23.7 Å². The smallest absolute Gasteiger partial charge is 0.148 e. The van der Waals surface area contributed by atoms with Gasteiger partial charge in [0.15, 0.2) is 0 Å². The maximum absolute atomic E-state index is 12.1. The third kappa shape index (κ3) is 3.60. The van der Waals surface area contributed by atoms with Crippen LogP contribution in [0.25, 0.3) is 0 Å². The van der Waals surface area contributed by atoms with Crippen LogP contribution >= 0.6 is 11.6 Å². The van der Waals surface area contributed by atoms with Crippen molar-refractivity contribution >= 4 is 23.7 Å². The molecule has 4 rings (SSSR count). The molecule has 2 atom stereocenters. The number of aliphatic imine (C=N–C) groups is 1. The number of aldehydes is 1. The Morgan fingerprint density at radius 3 is 3.00 bits per heavy atom. The monoisotopic (exact) mass is 380 g/mol. The highest BCUT2D eigenvalue weighted by molar-refractivity contribution is 6.30. The Morgan fingerprint density at radius 2 is 2.26 bits per heavy atom. The SMILES string of the molecule is O=CC1=C2NCC=CC2=C(Cl)CC1C(N=C1CCC=CN1)c1ccccn1. The molecule has 0 spiro atoms.